The quantitative estimate of drug-likeness (QED) is 0.625. The minimum Gasteiger partial charge on any atom is -0.669 e. The van der Waals surface area contributed by atoms with Crippen LogP contribution in [0.5, 0.6) is 0 Å². The fourth-order valence-corrected chi connectivity index (χ4v) is 1.27. The molecule has 0 aliphatic carbocycles. The van der Waals surface area contributed by atoms with Gasteiger partial charge < -0.3 is 21.6 Å². The maximum Gasteiger partial charge on any atom is 0.0972 e. The third kappa shape index (κ3) is 1.62. The summed E-state index contributed by atoms with van der Waals surface area (Å²) >= 11 is 0. The van der Waals surface area contributed by atoms with Crippen molar-refractivity contribution in [1.82, 2.24) is 4.57 Å². The first-order valence-electron chi connectivity index (χ1n) is 3.51. The molecule has 1 radical (unpaired) electrons. The molecular formula is C8H8N2OY-2. The summed E-state index contributed by atoms with van der Waals surface area (Å²) in [6.45, 7) is 4.43. The van der Waals surface area contributed by atoms with Crippen molar-refractivity contribution in [2.45, 2.75) is 12.6 Å². The van der Waals surface area contributed by atoms with Gasteiger partial charge in [-0.1, -0.05) is 0 Å². The molecule has 12 heavy (non-hydrogen) atoms. The van der Waals surface area contributed by atoms with Gasteiger partial charge in [0.2, 0.25) is 0 Å². The van der Waals surface area contributed by atoms with Crippen molar-refractivity contribution in [2.24, 2.45) is 0 Å². The summed E-state index contributed by atoms with van der Waals surface area (Å²) in [5.41, 5.74) is 0.671. The molecule has 0 saturated carbocycles. The Morgan fingerprint density at radius 2 is 2.42 bits per heavy atom. The predicted octanol–water partition coefficient (Wildman–Crippen LogP) is 1.22. The SMILES string of the molecule is [CH2-]C1Cn2cccc2C(=O)[N-]1.[Y]. The smallest absolute Gasteiger partial charge is 0.0972 e. The number of fused-ring (bicyclic) bond motifs is 1. The van der Waals surface area contributed by atoms with Crippen molar-refractivity contribution in [3.8, 4) is 0 Å². The first-order chi connectivity index (χ1) is 5.27. The fraction of sp³-hybridized carbons (Fsp3) is 0.250. The molecule has 0 saturated heterocycles. The van der Waals surface area contributed by atoms with Gasteiger partial charge in [-0.15, -0.1) is 0 Å². The van der Waals surface area contributed by atoms with Crippen LogP contribution in [-0.2, 0) is 39.3 Å². The van der Waals surface area contributed by atoms with Gasteiger partial charge in [0.25, 0.3) is 0 Å². The fourth-order valence-electron chi connectivity index (χ4n) is 1.27. The van der Waals surface area contributed by atoms with E-state index in [0.717, 1.165) is 0 Å². The molecule has 1 aromatic heterocycles. The van der Waals surface area contributed by atoms with E-state index in [0.29, 0.717) is 12.2 Å². The number of nitrogens with zero attached hydrogens (tertiary/aromatic N) is 2. The molecule has 4 heteroatoms. The summed E-state index contributed by atoms with van der Waals surface area (Å²) in [6.07, 6.45) is 1.88. The first-order valence-corrected chi connectivity index (χ1v) is 3.51. The van der Waals surface area contributed by atoms with Crippen LogP contribution in [-0.4, -0.2) is 16.5 Å². The predicted molar refractivity (Wildman–Crippen MR) is 41.3 cm³/mol. The van der Waals surface area contributed by atoms with Gasteiger partial charge >= 0.3 is 0 Å². The van der Waals surface area contributed by atoms with Crippen molar-refractivity contribution in [3.05, 3.63) is 36.3 Å². The standard InChI is InChI=1S/C8H9N2O.Y/c1-6-5-10-4-2-3-7(10)8(11)9-6;/h2-4,6H,1,5H2,(H,9,11);/q-1;/p-1. The monoisotopic (exact) mass is 237 g/mol. The van der Waals surface area contributed by atoms with Crippen molar-refractivity contribution in [2.75, 3.05) is 0 Å². The normalized spacial score (nSPS) is 20.8. The number of aromatic nitrogens is 1. The molecule has 1 aliphatic heterocycles. The molecule has 1 aromatic rings. The Morgan fingerprint density at radius 1 is 1.67 bits per heavy atom. The third-order valence-electron chi connectivity index (χ3n) is 1.76. The topological polar surface area (TPSA) is 36.1 Å². The Hall–Kier alpha value is -0.146. The van der Waals surface area contributed by atoms with Gasteiger partial charge in [0.15, 0.2) is 0 Å². The number of carbonyl (C=O) groups is 1. The average molecular weight is 237 g/mol. The molecule has 0 N–H and O–H groups in total. The van der Waals surface area contributed by atoms with Crippen molar-refractivity contribution in [3.63, 3.8) is 0 Å². The molecule has 2 rings (SSSR count). The van der Waals surface area contributed by atoms with Crippen LogP contribution < -0.4 is 0 Å². The van der Waals surface area contributed by atoms with E-state index in [1.54, 1.807) is 6.07 Å². The van der Waals surface area contributed by atoms with E-state index in [-0.39, 0.29) is 44.7 Å². The summed E-state index contributed by atoms with van der Waals surface area (Å²) in [7, 11) is 0. The van der Waals surface area contributed by atoms with Crippen molar-refractivity contribution >= 4 is 5.91 Å². The van der Waals surface area contributed by atoms with E-state index < -0.39 is 0 Å². The van der Waals surface area contributed by atoms with E-state index in [4.69, 9.17) is 0 Å². The maximum absolute atomic E-state index is 11.1. The molecule has 2 heterocycles. The molecule has 0 bridgehead atoms. The number of carbonyl (C=O) groups excluding carboxylic acids is 1. The van der Waals surface area contributed by atoms with Crippen LogP contribution in [0, 0.1) is 6.92 Å². The van der Waals surface area contributed by atoms with Gasteiger partial charge in [-0.2, -0.15) is 0 Å². The molecule has 1 aliphatic rings. The molecular weight excluding hydrogens is 229 g/mol. The zero-order valence-corrected chi connectivity index (χ0v) is 9.44. The zero-order chi connectivity index (χ0) is 7.84. The Labute approximate surface area is 96.4 Å². The molecule has 1 amide bonds. The zero-order valence-electron chi connectivity index (χ0n) is 6.60. The molecule has 1 atom stereocenters. The number of hydrogen-bond acceptors (Lipinski definition) is 1. The first kappa shape index (κ1) is 9.94. The maximum atomic E-state index is 11.1. The summed E-state index contributed by atoms with van der Waals surface area (Å²) < 4.78 is 1.88. The molecule has 61 valence electrons. The van der Waals surface area contributed by atoms with Gasteiger partial charge in [-0.3, -0.25) is 0 Å². The second-order valence-corrected chi connectivity index (χ2v) is 2.63. The van der Waals surface area contributed by atoms with E-state index in [1.807, 2.05) is 16.8 Å². The average Bonchev–Trinajstić information content (AvgIpc) is 2.34. The van der Waals surface area contributed by atoms with Crippen LogP contribution in [0.25, 0.3) is 5.32 Å². The van der Waals surface area contributed by atoms with Crippen LogP contribution in [0.1, 0.15) is 10.5 Å². The van der Waals surface area contributed by atoms with E-state index in [2.05, 4.69) is 12.2 Å². The van der Waals surface area contributed by atoms with Gasteiger partial charge in [0.05, 0.1) is 11.6 Å². The van der Waals surface area contributed by atoms with Crippen LogP contribution in [0.2, 0.25) is 0 Å². The Balaban J connectivity index is 0.000000720. The second kappa shape index (κ2) is 3.71. The molecule has 0 spiro atoms. The van der Waals surface area contributed by atoms with Crippen LogP contribution in [0.4, 0.5) is 0 Å². The van der Waals surface area contributed by atoms with E-state index in [1.165, 1.54) is 0 Å². The Morgan fingerprint density at radius 3 is 3.17 bits per heavy atom. The molecule has 3 nitrogen and oxygen atoms in total. The number of hydrogen-bond donors (Lipinski definition) is 0. The van der Waals surface area contributed by atoms with Crippen LogP contribution in [0.15, 0.2) is 18.3 Å². The van der Waals surface area contributed by atoms with Crippen molar-refractivity contribution < 1.29 is 37.5 Å². The summed E-state index contributed by atoms with van der Waals surface area (Å²) in [5, 5.41) is 3.83. The van der Waals surface area contributed by atoms with Crippen LogP contribution >= 0.6 is 0 Å². The second-order valence-electron chi connectivity index (χ2n) is 2.63. The molecule has 0 fully saturated rings. The Bertz CT molecular complexity index is 295. The summed E-state index contributed by atoms with van der Waals surface area (Å²) in [5.74, 6) is -0.152. The van der Waals surface area contributed by atoms with Gasteiger partial charge in [0, 0.05) is 38.9 Å². The minimum absolute atomic E-state index is 0. The third-order valence-corrected chi connectivity index (χ3v) is 1.76. The number of amides is 1. The summed E-state index contributed by atoms with van der Waals surface area (Å²) in [6, 6.07) is 3.50. The van der Waals surface area contributed by atoms with Gasteiger partial charge in [-0.25, -0.2) is 6.04 Å². The van der Waals surface area contributed by atoms with E-state index >= 15 is 0 Å². The Kier molecular flexibility index (Phi) is 3.07. The van der Waals surface area contributed by atoms with Gasteiger partial charge in [-0.05, 0) is 18.7 Å². The van der Waals surface area contributed by atoms with Gasteiger partial charge in [0.1, 0.15) is 0 Å². The molecule has 1 unspecified atom stereocenters. The molecule has 0 aromatic carbocycles. The van der Waals surface area contributed by atoms with E-state index in [9.17, 15) is 4.79 Å². The largest absolute Gasteiger partial charge is 0.669 e. The summed E-state index contributed by atoms with van der Waals surface area (Å²) in [4.78, 5) is 11.1. The number of rotatable bonds is 0. The minimum atomic E-state index is -0.152. The van der Waals surface area contributed by atoms with Crippen LogP contribution in [0.3, 0.4) is 0 Å². The van der Waals surface area contributed by atoms with Crippen molar-refractivity contribution in [1.29, 1.82) is 0 Å².